The number of rotatable bonds is 4. The molecule has 0 saturated carbocycles. The Morgan fingerprint density at radius 1 is 1.52 bits per heavy atom. The highest BCUT2D eigenvalue weighted by atomic mass is 16.5. The molecule has 6 heteroatoms. The highest BCUT2D eigenvalue weighted by molar-refractivity contribution is 5.81. The summed E-state index contributed by atoms with van der Waals surface area (Å²) in [6.45, 7) is 2.75. The first-order chi connectivity index (χ1) is 10.0. The van der Waals surface area contributed by atoms with Gasteiger partial charge in [-0.05, 0) is 18.2 Å². The molecule has 1 unspecified atom stereocenters. The van der Waals surface area contributed by atoms with Crippen molar-refractivity contribution in [3.05, 3.63) is 23.8 Å². The van der Waals surface area contributed by atoms with Gasteiger partial charge >= 0.3 is 0 Å². The van der Waals surface area contributed by atoms with Gasteiger partial charge in [0, 0.05) is 45.8 Å². The van der Waals surface area contributed by atoms with E-state index in [0.717, 1.165) is 18.7 Å². The van der Waals surface area contributed by atoms with E-state index in [1.165, 1.54) is 0 Å². The quantitative estimate of drug-likeness (QED) is 0.834. The van der Waals surface area contributed by atoms with Crippen molar-refractivity contribution < 1.29 is 14.6 Å². The van der Waals surface area contributed by atoms with E-state index in [4.69, 9.17) is 4.74 Å². The Morgan fingerprint density at radius 2 is 2.29 bits per heavy atom. The summed E-state index contributed by atoms with van der Waals surface area (Å²) in [5.74, 6) is 1.00. The van der Waals surface area contributed by atoms with Crippen molar-refractivity contribution in [3.63, 3.8) is 0 Å². The smallest absolute Gasteiger partial charge is 0.240 e. The van der Waals surface area contributed by atoms with Crippen molar-refractivity contribution in [2.24, 2.45) is 0 Å². The first-order valence-electron chi connectivity index (χ1n) is 7.04. The molecular formula is C15H23N3O3. The molecule has 2 N–H and O–H groups in total. The van der Waals surface area contributed by atoms with Gasteiger partial charge in [0.25, 0.3) is 0 Å². The molecule has 1 aromatic carbocycles. The van der Waals surface area contributed by atoms with Gasteiger partial charge in [-0.1, -0.05) is 0 Å². The third-order valence-electron chi connectivity index (χ3n) is 3.74. The zero-order valence-corrected chi connectivity index (χ0v) is 12.8. The fraction of sp³-hybridized carbons (Fsp3) is 0.533. The lowest BCUT2D eigenvalue weighted by Gasteiger charge is -2.36. The molecule has 1 heterocycles. The standard InChI is InChI=1S/C15H23N3O3/c1-17(2)15(20)13-9-16-6-7-18(13)10-11-8-12(21-3)4-5-14(11)19/h4-5,8,13,16,19H,6-7,9-10H2,1-3H3. The number of methoxy groups -OCH3 is 1. The summed E-state index contributed by atoms with van der Waals surface area (Å²) >= 11 is 0. The van der Waals surface area contributed by atoms with Gasteiger partial charge < -0.3 is 20.1 Å². The van der Waals surface area contributed by atoms with Crippen molar-refractivity contribution in [2.45, 2.75) is 12.6 Å². The van der Waals surface area contributed by atoms with E-state index < -0.39 is 0 Å². The van der Waals surface area contributed by atoms with Crippen molar-refractivity contribution in [1.29, 1.82) is 0 Å². The molecule has 0 aromatic heterocycles. The predicted molar refractivity (Wildman–Crippen MR) is 80.4 cm³/mol. The maximum absolute atomic E-state index is 12.3. The number of likely N-dealkylation sites (N-methyl/N-ethyl adjacent to an activating group) is 1. The fourth-order valence-corrected chi connectivity index (χ4v) is 2.51. The number of amides is 1. The maximum atomic E-state index is 12.3. The average molecular weight is 293 g/mol. The lowest BCUT2D eigenvalue weighted by Crippen LogP contribution is -2.57. The summed E-state index contributed by atoms with van der Waals surface area (Å²) in [7, 11) is 5.12. The minimum atomic E-state index is -0.209. The van der Waals surface area contributed by atoms with Crippen molar-refractivity contribution in [2.75, 3.05) is 40.8 Å². The number of carbonyl (C=O) groups excluding carboxylic acids is 1. The van der Waals surface area contributed by atoms with Crippen LogP contribution in [0.25, 0.3) is 0 Å². The van der Waals surface area contributed by atoms with Gasteiger partial charge in [0.05, 0.1) is 7.11 Å². The van der Waals surface area contributed by atoms with Crippen LogP contribution in [-0.4, -0.2) is 67.7 Å². The molecule has 1 atom stereocenters. The van der Waals surface area contributed by atoms with Crippen molar-refractivity contribution in [1.82, 2.24) is 15.1 Å². The van der Waals surface area contributed by atoms with Crippen LogP contribution in [0.1, 0.15) is 5.56 Å². The van der Waals surface area contributed by atoms with Crippen LogP contribution < -0.4 is 10.1 Å². The van der Waals surface area contributed by atoms with E-state index in [9.17, 15) is 9.90 Å². The Kier molecular flexibility index (Phi) is 5.03. The van der Waals surface area contributed by atoms with Crippen LogP contribution in [0.4, 0.5) is 0 Å². The van der Waals surface area contributed by atoms with E-state index in [-0.39, 0.29) is 17.7 Å². The molecule has 116 valence electrons. The van der Waals surface area contributed by atoms with Crippen LogP contribution in [0.2, 0.25) is 0 Å². The third kappa shape index (κ3) is 3.65. The predicted octanol–water partition coefficient (Wildman–Crippen LogP) is 0.263. The number of hydrogen-bond acceptors (Lipinski definition) is 5. The van der Waals surface area contributed by atoms with E-state index in [0.29, 0.717) is 18.8 Å². The van der Waals surface area contributed by atoms with Crippen LogP contribution in [0.5, 0.6) is 11.5 Å². The normalized spacial score (nSPS) is 19.3. The first kappa shape index (κ1) is 15.6. The van der Waals surface area contributed by atoms with Crippen molar-refractivity contribution in [3.8, 4) is 11.5 Å². The van der Waals surface area contributed by atoms with Gasteiger partial charge in [0.2, 0.25) is 5.91 Å². The highest BCUT2D eigenvalue weighted by Crippen LogP contribution is 2.25. The first-order valence-corrected chi connectivity index (χ1v) is 7.04. The Balaban J connectivity index is 2.17. The van der Waals surface area contributed by atoms with Crippen molar-refractivity contribution >= 4 is 5.91 Å². The Hall–Kier alpha value is -1.79. The molecule has 2 rings (SSSR count). The number of nitrogens with one attached hydrogen (secondary N) is 1. The SMILES string of the molecule is COc1ccc(O)c(CN2CCNCC2C(=O)N(C)C)c1. The van der Waals surface area contributed by atoms with Gasteiger partial charge in [0.1, 0.15) is 17.5 Å². The Morgan fingerprint density at radius 3 is 2.95 bits per heavy atom. The number of piperazine rings is 1. The molecule has 1 aliphatic heterocycles. The number of hydrogen-bond donors (Lipinski definition) is 2. The number of aromatic hydroxyl groups is 1. The minimum Gasteiger partial charge on any atom is -0.508 e. The molecule has 1 aliphatic rings. The molecule has 1 saturated heterocycles. The van der Waals surface area contributed by atoms with Crippen LogP contribution in [0.3, 0.4) is 0 Å². The number of phenolic OH excluding ortho intramolecular Hbond substituents is 1. The van der Waals surface area contributed by atoms with Crippen LogP contribution in [-0.2, 0) is 11.3 Å². The molecule has 1 aromatic rings. The monoisotopic (exact) mass is 293 g/mol. The molecule has 1 amide bonds. The summed E-state index contributed by atoms with van der Waals surface area (Å²) in [5, 5.41) is 13.2. The fourth-order valence-electron chi connectivity index (χ4n) is 2.51. The molecule has 0 aliphatic carbocycles. The number of phenols is 1. The Labute approximate surface area is 125 Å². The second-order valence-electron chi connectivity index (χ2n) is 5.42. The molecule has 0 spiro atoms. The highest BCUT2D eigenvalue weighted by Gasteiger charge is 2.30. The molecule has 0 bridgehead atoms. The lowest BCUT2D eigenvalue weighted by atomic mass is 10.1. The summed E-state index contributed by atoms with van der Waals surface area (Å²) in [6, 6.07) is 4.95. The van der Waals surface area contributed by atoms with Gasteiger partial charge in [-0.15, -0.1) is 0 Å². The summed E-state index contributed by atoms with van der Waals surface area (Å²) in [5.41, 5.74) is 0.771. The van der Waals surface area contributed by atoms with Crippen LogP contribution >= 0.6 is 0 Å². The maximum Gasteiger partial charge on any atom is 0.240 e. The van der Waals surface area contributed by atoms with E-state index >= 15 is 0 Å². The number of carbonyl (C=O) groups is 1. The van der Waals surface area contributed by atoms with E-state index in [2.05, 4.69) is 10.2 Å². The van der Waals surface area contributed by atoms with Gasteiger partial charge in [-0.3, -0.25) is 9.69 Å². The van der Waals surface area contributed by atoms with Crippen LogP contribution in [0, 0.1) is 0 Å². The van der Waals surface area contributed by atoms with E-state index in [1.807, 2.05) is 6.07 Å². The van der Waals surface area contributed by atoms with E-state index in [1.54, 1.807) is 38.2 Å². The molecular weight excluding hydrogens is 270 g/mol. The zero-order chi connectivity index (χ0) is 15.4. The summed E-state index contributed by atoms with van der Waals surface area (Å²) in [6.07, 6.45) is 0. The molecule has 6 nitrogen and oxygen atoms in total. The summed E-state index contributed by atoms with van der Waals surface area (Å²) < 4.78 is 5.19. The number of ether oxygens (including phenoxy) is 1. The van der Waals surface area contributed by atoms with Gasteiger partial charge in [-0.2, -0.15) is 0 Å². The zero-order valence-electron chi connectivity index (χ0n) is 12.8. The second kappa shape index (κ2) is 6.78. The molecule has 0 radical (unpaired) electrons. The third-order valence-corrected chi connectivity index (χ3v) is 3.74. The number of nitrogens with zero attached hydrogens (tertiary/aromatic N) is 2. The summed E-state index contributed by atoms with van der Waals surface area (Å²) in [4.78, 5) is 16.0. The lowest BCUT2D eigenvalue weighted by molar-refractivity contribution is -0.135. The topological polar surface area (TPSA) is 65.0 Å². The Bertz CT molecular complexity index is 505. The number of benzene rings is 1. The minimum absolute atomic E-state index is 0.0737. The molecule has 1 fully saturated rings. The largest absolute Gasteiger partial charge is 0.508 e. The van der Waals surface area contributed by atoms with Gasteiger partial charge in [0.15, 0.2) is 0 Å². The molecule has 21 heavy (non-hydrogen) atoms. The van der Waals surface area contributed by atoms with Crippen LogP contribution in [0.15, 0.2) is 18.2 Å². The van der Waals surface area contributed by atoms with Gasteiger partial charge in [-0.25, -0.2) is 0 Å². The average Bonchev–Trinajstić information content (AvgIpc) is 2.49. The second-order valence-corrected chi connectivity index (χ2v) is 5.42.